The average Bonchev–Trinajstić information content (AvgIpc) is 3.00. The highest BCUT2D eigenvalue weighted by molar-refractivity contribution is 5.96. The molecule has 0 radical (unpaired) electrons. The lowest BCUT2D eigenvalue weighted by Crippen LogP contribution is -2.25. The topological polar surface area (TPSA) is 54.1 Å². The van der Waals surface area contributed by atoms with E-state index in [4.69, 9.17) is 4.74 Å². The quantitative estimate of drug-likeness (QED) is 0.707. The Labute approximate surface area is 127 Å². The molecular formula is C18H14N2O2. The Bertz CT molecular complexity index is 893. The van der Waals surface area contributed by atoms with Gasteiger partial charge in [0.1, 0.15) is 5.75 Å². The van der Waals surface area contributed by atoms with E-state index in [1.807, 2.05) is 30.5 Å². The number of nitrogens with one attached hydrogen (secondary N) is 2. The predicted molar refractivity (Wildman–Crippen MR) is 87.8 cm³/mol. The molecule has 0 saturated heterocycles. The maximum absolute atomic E-state index is 11.4. The van der Waals surface area contributed by atoms with Gasteiger partial charge in [-0.1, -0.05) is 24.3 Å². The Balaban J connectivity index is 1.62. The molecule has 0 unspecified atom stereocenters. The fraction of sp³-hybridized carbons (Fsp3) is 0.0556. The summed E-state index contributed by atoms with van der Waals surface area (Å²) in [5.74, 6) is 0.594. The molecule has 0 aliphatic carbocycles. The largest absolute Gasteiger partial charge is 0.482 e. The van der Waals surface area contributed by atoms with Crippen LogP contribution in [-0.4, -0.2) is 17.5 Å². The second kappa shape index (κ2) is 5.07. The fourth-order valence-corrected chi connectivity index (χ4v) is 2.57. The Morgan fingerprint density at radius 1 is 1.00 bits per heavy atom. The first-order valence-corrected chi connectivity index (χ1v) is 7.10. The van der Waals surface area contributed by atoms with Crippen LogP contribution in [0.5, 0.6) is 5.75 Å². The molecule has 1 aromatic heterocycles. The lowest BCUT2D eigenvalue weighted by Gasteiger charge is -2.17. The highest BCUT2D eigenvalue weighted by Gasteiger charge is 2.15. The monoisotopic (exact) mass is 290 g/mol. The number of hydrogen-bond donors (Lipinski definition) is 2. The van der Waals surface area contributed by atoms with Crippen molar-refractivity contribution in [2.45, 2.75) is 0 Å². The van der Waals surface area contributed by atoms with E-state index in [2.05, 4.69) is 40.6 Å². The molecule has 108 valence electrons. The van der Waals surface area contributed by atoms with Gasteiger partial charge >= 0.3 is 0 Å². The van der Waals surface area contributed by atoms with E-state index < -0.39 is 0 Å². The highest BCUT2D eigenvalue weighted by atomic mass is 16.5. The predicted octanol–water partition coefficient (Wildman–Crippen LogP) is 3.67. The fourth-order valence-electron chi connectivity index (χ4n) is 2.57. The maximum atomic E-state index is 11.4. The molecule has 0 saturated carbocycles. The normalized spacial score (nSPS) is 13.9. The van der Waals surface area contributed by atoms with E-state index in [9.17, 15) is 4.79 Å². The van der Waals surface area contributed by atoms with Crippen LogP contribution in [0.15, 0.2) is 48.7 Å². The van der Waals surface area contributed by atoms with Crippen molar-refractivity contribution in [3.8, 4) is 5.75 Å². The van der Waals surface area contributed by atoms with Crippen molar-refractivity contribution in [3.05, 3.63) is 59.8 Å². The second-order valence-corrected chi connectivity index (χ2v) is 5.25. The first-order valence-electron chi connectivity index (χ1n) is 7.10. The number of H-pyrrole nitrogens is 1. The van der Waals surface area contributed by atoms with E-state index in [1.165, 1.54) is 5.39 Å². The van der Waals surface area contributed by atoms with Crippen LogP contribution >= 0.6 is 0 Å². The summed E-state index contributed by atoms with van der Waals surface area (Å²) in [5.41, 5.74) is 3.99. The van der Waals surface area contributed by atoms with Gasteiger partial charge in [-0.15, -0.1) is 0 Å². The summed E-state index contributed by atoms with van der Waals surface area (Å²) in [6, 6.07) is 14.1. The second-order valence-electron chi connectivity index (χ2n) is 5.25. The van der Waals surface area contributed by atoms with Gasteiger partial charge in [0.25, 0.3) is 5.91 Å². The number of carbonyl (C=O) groups excluding carboxylic acids is 1. The smallest absolute Gasteiger partial charge is 0.262 e. The van der Waals surface area contributed by atoms with Gasteiger partial charge in [-0.3, -0.25) is 4.79 Å². The van der Waals surface area contributed by atoms with Crippen molar-refractivity contribution in [2.24, 2.45) is 0 Å². The van der Waals surface area contributed by atoms with E-state index in [1.54, 1.807) is 0 Å². The molecule has 0 atom stereocenters. The van der Waals surface area contributed by atoms with E-state index in [0.29, 0.717) is 5.75 Å². The number of benzene rings is 2. The Morgan fingerprint density at radius 2 is 1.82 bits per heavy atom. The molecule has 1 aliphatic rings. The van der Waals surface area contributed by atoms with Crippen LogP contribution in [0.1, 0.15) is 11.1 Å². The van der Waals surface area contributed by atoms with E-state index in [-0.39, 0.29) is 12.5 Å². The molecule has 22 heavy (non-hydrogen) atoms. The molecule has 0 fully saturated rings. The zero-order chi connectivity index (χ0) is 14.9. The molecule has 1 amide bonds. The lowest BCUT2D eigenvalue weighted by molar-refractivity contribution is -0.118. The van der Waals surface area contributed by atoms with E-state index in [0.717, 1.165) is 22.3 Å². The van der Waals surface area contributed by atoms with E-state index >= 15 is 0 Å². The number of carbonyl (C=O) groups is 1. The standard InChI is InChI=1S/C18H14N2O2/c21-18-11-22-17-6-4-13(10-16(17)20-18)2-1-12-3-5-15-14(9-12)7-8-19-15/h1-10,19H,11H2,(H,20,21)/b2-1+. The van der Waals surface area contributed by atoms with Crippen LogP contribution in [-0.2, 0) is 4.79 Å². The summed E-state index contributed by atoms with van der Waals surface area (Å²) in [6.45, 7) is 0.0822. The minimum Gasteiger partial charge on any atom is -0.482 e. The van der Waals surface area contributed by atoms with Gasteiger partial charge in [0.05, 0.1) is 5.69 Å². The molecule has 2 aromatic carbocycles. The minimum absolute atomic E-state index is 0.0822. The van der Waals surface area contributed by atoms with Crippen LogP contribution in [0.4, 0.5) is 5.69 Å². The zero-order valence-corrected chi connectivity index (χ0v) is 11.8. The maximum Gasteiger partial charge on any atom is 0.262 e. The van der Waals surface area contributed by atoms with Crippen LogP contribution in [0, 0.1) is 0 Å². The van der Waals surface area contributed by atoms with Crippen molar-refractivity contribution >= 4 is 34.6 Å². The molecule has 1 aliphatic heterocycles. The summed E-state index contributed by atoms with van der Waals surface area (Å²) in [5, 5.41) is 4.01. The Kier molecular flexibility index (Phi) is 2.93. The number of rotatable bonds is 2. The molecule has 0 spiro atoms. The molecule has 4 nitrogen and oxygen atoms in total. The van der Waals surface area contributed by atoms with Gasteiger partial charge in [0.2, 0.25) is 0 Å². The minimum atomic E-state index is -0.119. The molecular weight excluding hydrogens is 276 g/mol. The summed E-state index contributed by atoms with van der Waals surface area (Å²) < 4.78 is 5.35. The van der Waals surface area contributed by atoms with Gasteiger partial charge in [0, 0.05) is 11.7 Å². The van der Waals surface area contributed by atoms with Crippen LogP contribution in [0.3, 0.4) is 0 Å². The van der Waals surface area contributed by atoms with Crippen molar-refractivity contribution in [1.29, 1.82) is 0 Å². The molecule has 2 N–H and O–H groups in total. The van der Waals surface area contributed by atoms with Crippen LogP contribution in [0.2, 0.25) is 0 Å². The summed E-state index contributed by atoms with van der Waals surface area (Å²) in [7, 11) is 0. The molecule has 2 heterocycles. The lowest BCUT2D eigenvalue weighted by atomic mass is 10.1. The molecule has 4 rings (SSSR count). The third-order valence-corrected chi connectivity index (χ3v) is 3.68. The SMILES string of the molecule is O=C1COc2ccc(/C=C/c3ccc4[nH]ccc4c3)cc2N1. The Morgan fingerprint density at radius 3 is 2.73 bits per heavy atom. The number of amides is 1. The summed E-state index contributed by atoms with van der Waals surface area (Å²) in [6.07, 6.45) is 6.01. The van der Waals surface area contributed by atoms with Crippen LogP contribution < -0.4 is 10.1 Å². The average molecular weight is 290 g/mol. The first kappa shape index (κ1) is 12.7. The van der Waals surface area contributed by atoms with Crippen molar-refractivity contribution < 1.29 is 9.53 Å². The van der Waals surface area contributed by atoms with Gasteiger partial charge in [-0.2, -0.15) is 0 Å². The number of hydrogen-bond acceptors (Lipinski definition) is 2. The van der Waals surface area contributed by atoms with Crippen molar-refractivity contribution in [3.63, 3.8) is 0 Å². The number of anilines is 1. The van der Waals surface area contributed by atoms with Crippen molar-refractivity contribution in [2.75, 3.05) is 11.9 Å². The van der Waals surface area contributed by atoms with Crippen LogP contribution in [0.25, 0.3) is 23.1 Å². The molecule has 4 heteroatoms. The Hall–Kier alpha value is -3.01. The number of aromatic amines is 1. The van der Waals surface area contributed by atoms with Gasteiger partial charge in [0.15, 0.2) is 6.61 Å². The molecule has 0 bridgehead atoms. The highest BCUT2D eigenvalue weighted by Crippen LogP contribution is 2.29. The van der Waals surface area contributed by atoms with Gasteiger partial charge in [-0.25, -0.2) is 0 Å². The van der Waals surface area contributed by atoms with Gasteiger partial charge < -0.3 is 15.0 Å². The number of ether oxygens (including phenoxy) is 1. The number of aromatic nitrogens is 1. The summed E-state index contributed by atoms with van der Waals surface area (Å²) >= 11 is 0. The zero-order valence-electron chi connectivity index (χ0n) is 11.8. The molecule has 3 aromatic rings. The first-order chi connectivity index (χ1) is 10.8. The van der Waals surface area contributed by atoms with Crippen molar-refractivity contribution in [1.82, 2.24) is 4.98 Å². The third kappa shape index (κ3) is 2.35. The number of fused-ring (bicyclic) bond motifs is 2. The van der Waals surface area contributed by atoms with Gasteiger partial charge in [-0.05, 0) is 46.8 Å². The third-order valence-electron chi connectivity index (χ3n) is 3.68. The summed E-state index contributed by atoms with van der Waals surface area (Å²) in [4.78, 5) is 14.5.